The quantitative estimate of drug-likeness (QED) is 0.676. The van der Waals surface area contributed by atoms with Crippen molar-refractivity contribution in [1.82, 2.24) is 14.6 Å². The number of nitrogens with zero attached hydrogens (tertiary/aromatic N) is 3. The molecule has 0 radical (unpaired) electrons. The fourth-order valence-electron chi connectivity index (χ4n) is 1.18. The van der Waals surface area contributed by atoms with Crippen molar-refractivity contribution in [2.75, 3.05) is 0 Å². The van der Waals surface area contributed by atoms with Crippen molar-refractivity contribution in [3.05, 3.63) is 29.8 Å². The highest BCUT2D eigenvalue weighted by atomic mass is 19.3. The van der Waals surface area contributed by atoms with Crippen LogP contribution >= 0.6 is 0 Å². The molecule has 0 fully saturated rings. The van der Waals surface area contributed by atoms with Gasteiger partial charge in [-0.2, -0.15) is 5.10 Å². The van der Waals surface area contributed by atoms with Crippen LogP contribution in [0.25, 0.3) is 5.52 Å². The van der Waals surface area contributed by atoms with Crippen molar-refractivity contribution in [2.24, 2.45) is 0 Å². The number of fused-ring (bicyclic) bond motifs is 1. The zero-order chi connectivity index (χ0) is 9.42. The van der Waals surface area contributed by atoms with E-state index in [2.05, 4.69) is 10.1 Å². The van der Waals surface area contributed by atoms with E-state index in [0.717, 1.165) is 0 Å². The Labute approximate surface area is 73.0 Å². The summed E-state index contributed by atoms with van der Waals surface area (Å²) in [7, 11) is 0. The molecule has 0 aliphatic carbocycles. The maximum atomic E-state index is 12.2. The van der Waals surface area contributed by atoms with Crippen LogP contribution in [0.5, 0.6) is 0 Å². The van der Waals surface area contributed by atoms with Crippen LogP contribution in [0.15, 0.2) is 18.5 Å². The first-order chi connectivity index (χ1) is 6.18. The molecule has 0 amide bonds. The summed E-state index contributed by atoms with van der Waals surface area (Å²) in [6, 6.07) is 1.35. The Morgan fingerprint density at radius 1 is 1.46 bits per heavy atom. The van der Waals surface area contributed by atoms with Crippen LogP contribution in [0.2, 0.25) is 0 Å². The van der Waals surface area contributed by atoms with Gasteiger partial charge in [0.1, 0.15) is 5.69 Å². The summed E-state index contributed by atoms with van der Waals surface area (Å²) in [6.07, 6.45) is 0.554. The number of aromatic nitrogens is 3. The van der Waals surface area contributed by atoms with E-state index in [4.69, 9.17) is 0 Å². The van der Waals surface area contributed by atoms with Crippen molar-refractivity contribution in [3.63, 3.8) is 0 Å². The zero-order valence-corrected chi connectivity index (χ0v) is 6.91. The van der Waals surface area contributed by atoms with Crippen LogP contribution < -0.4 is 0 Å². The Kier molecular flexibility index (Phi) is 1.72. The minimum Gasteiger partial charge on any atom is -0.258 e. The third-order valence-corrected chi connectivity index (χ3v) is 1.82. The zero-order valence-electron chi connectivity index (χ0n) is 6.91. The normalized spacial score (nSPS) is 11.4. The highest BCUT2D eigenvalue weighted by Crippen LogP contribution is 2.19. The van der Waals surface area contributed by atoms with Crippen molar-refractivity contribution in [3.8, 4) is 0 Å². The first-order valence-electron chi connectivity index (χ1n) is 3.77. The van der Waals surface area contributed by atoms with E-state index in [1.54, 1.807) is 13.1 Å². The molecule has 0 aliphatic rings. The number of hydrogen-bond donors (Lipinski definition) is 0. The van der Waals surface area contributed by atoms with Gasteiger partial charge >= 0.3 is 0 Å². The Bertz CT molecular complexity index is 436. The molecule has 2 aromatic rings. The van der Waals surface area contributed by atoms with Crippen LogP contribution in [0.1, 0.15) is 17.8 Å². The molecule has 0 saturated heterocycles. The van der Waals surface area contributed by atoms with Gasteiger partial charge in [0.2, 0.25) is 0 Å². The highest BCUT2D eigenvalue weighted by Gasteiger charge is 2.12. The Morgan fingerprint density at radius 2 is 2.23 bits per heavy atom. The Balaban J connectivity index is 2.68. The lowest BCUT2D eigenvalue weighted by Crippen LogP contribution is -1.91. The summed E-state index contributed by atoms with van der Waals surface area (Å²) < 4.78 is 25.9. The third-order valence-electron chi connectivity index (χ3n) is 1.82. The molecule has 0 bridgehead atoms. The minimum atomic E-state index is -2.53. The van der Waals surface area contributed by atoms with Gasteiger partial charge in [0.05, 0.1) is 11.2 Å². The summed E-state index contributed by atoms with van der Waals surface area (Å²) in [5.74, 6) is 0. The number of alkyl halides is 2. The average Bonchev–Trinajstić information content (AvgIpc) is 2.49. The van der Waals surface area contributed by atoms with Crippen LogP contribution in [0, 0.1) is 6.92 Å². The van der Waals surface area contributed by atoms with Crippen molar-refractivity contribution in [2.45, 2.75) is 13.3 Å². The molecule has 0 spiro atoms. The fourth-order valence-corrected chi connectivity index (χ4v) is 1.18. The monoisotopic (exact) mass is 183 g/mol. The minimum absolute atomic E-state index is 0.212. The van der Waals surface area contributed by atoms with Crippen LogP contribution in [-0.2, 0) is 0 Å². The van der Waals surface area contributed by atoms with E-state index in [1.807, 2.05) is 0 Å². The van der Waals surface area contributed by atoms with E-state index < -0.39 is 6.43 Å². The molecule has 2 heterocycles. The lowest BCUT2D eigenvalue weighted by molar-refractivity contribution is 0.145. The second-order valence-corrected chi connectivity index (χ2v) is 2.71. The van der Waals surface area contributed by atoms with Gasteiger partial charge in [0.25, 0.3) is 6.43 Å². The molecular formula is C8H7F2N3. The summed E-state index contributed by atoms with van der Waals surface area (Å²) >= 11 is 0. The first kappa shape index (κ1) is 8.10. The van der Waals surface area contributed by atoms with E-state index >= 15 is 0 Å². The second kappa shape index (κ2) is 2.76. The maximum Gasteiger partial charge on any atom is 0.282 e. The van der Waals surface area contributed by atoms with Gasteiger partial charge in [0, 0.05) is 12.4 Å². The molecule has 13 heavy (non-hydrogen) atoms. The Hall–Kier alpha value is -1.52. The van der Waals surface area contributed by atoms with Gasteiger partial charge in [0.15, 0.2) is 0 Å². The predicted octanol–water partition coefficient (Wildman–Crippen LogP) is 1.98. The van der Waals surface area contributed by atoms with Crippen molar-refractivity contribution in [1.29, 1.82) is 0 Å². The molecule has 2 aromatic heterocycles. The molecule has 0 saturated carbocycles. The molecule has 0 unspecified atom stereocenters. The number of rotatable bonds is 1. The van der Waals surface area contributed by atoms with Crippen molar-refractivity contribution < 1.29 is 8.78 Å². The Morgan fingerprint density at radius 3 is 2.85 bits per heavy atom. The second-order valence-electron chi connectivity index (χ2n) is 2.71. The molecule has 0 atom stereocenters. The number of halogens is 2. The summed E-state index contributed by atoms with van der Waals surface area (Å²) in [4.78, 5) is 3.97. The maximum absolute atomic E-state index is 12.2. The summed E-state index contributed by atoms with van der Waals surface area (Å²) in [5, 5.41) is 3.70. The molecule has 0 aromatic carbocycles. The van der Waals surface area contributed by atoms with E-state index in [1.165, 1.54) is 16.8 Å². The van der Waals surface area contributed by atoms with Crippen LogP contribution in [0.3, 0.4) is 0 Å². The smallest absolute Gasteiger partial charge is 0.258 e. The van der Waals surface area contributed by atoms with E-state index in [-0.39, 0.29) is 5.69 Å². The van der Waals surface area contributed by atoms with Gasteiger partial charge in [-0.1, -0.05) is 0 Å². The number of hydrogen-bond acceptors (Lipinski definition) is 2. The molecule has 3 nitrogen and oxygen atoms in total. The molecule has 68 valence electrons. The standard InChI is InChI=1S/C8H7F2N3/c1-5-7-4-6(8(9)10)12-13(7)3-2-11-5/h2-4,8H,1H3. The third kappa shape index (κ3) is 1.26. The molecule has 0 aliphatic heterocycles. The van der Waals surface area contributed by atoms with Gasteiger partial charge in [-0.25, -0.2) is 13.3 Å². The average molecular weight is 183 g/mol. The largest absolute Gasteiger partial charge is 0.282 e. The van der Waals surface area contributed by atoms with Crippen LogP contribution in [-0.4, -0.2) is 14.6 Å². The van der Waals surface area contributed by atoms with Gasteiger partial charge in [-0.3, -0.25) is 4.98 Å². The van der Waals surface area contributed by atoms with E-state index in [9.17, 15) is 8.78 Å². The lowest BCUT2D eigenvalue weighted by Gasteiger charge is -1.93. The highest BCUT2D eigenvalue weighted by molar-refractivity contribution is 5.51. The van der Waals surface area contributed by atoms with E-state index in [0.29, 0.717) is 11.2 Å². The summed E-state index contributed by atoms with van der Waals surface area (Å²) in [5.41, 5.74) is 1.11. The van der Waals surface area contributed by atoms with Gasteiger partial charge in [-0.05, 0) is 13.0 Å². The van der Waals surface area contributed by atoms with Gasteiger partial charge in [-0.15, -0.1) is 0 Å². The molecule has 2 rings (SSSR count). The summed E-state index contributed by atoms with van der Waals surface area (Å²) in [6.45, 7) is 1.76. The lowest BCUT2D eigenvalue weighted by atomic mass is 10.3. The predicted molar refractivity (Wildman–Crippen MR) is 42.7 cm³/mol. The van der Waals surface area contributed by atoms with Crippen LogP contribution in [0.4, 0.5) is 8.78 Å². The topological polar surface area (TPSA) is 30.2 Å². The van der Waals surface area contributed by atoms with Gasteiger partial charge < -0.3 is 0 Å². The van der Waals surface area contributed by atoms with Crippen molar-refractivity contribution >= 4 is 5.52 Å². The number of aryl methyl sites for hydroxylation is 1. The molecule has 5 heteroatoms. The fraction of sp³-hybridized carbons (Fsp3) is 0.250. The molecular weight excluding hydrogens is 176 g/mol. The first-order valence-corrected chi connectivity index (χ1v) is 3.77. The molecule has 0 N–H and O–H groups in total. The SMILES string of the molecule is Cc1nccn2nc(C(F)F)cc12.